The third-order valence-electron chi connectivity index (χ3n) is 3.10. The number of rotatable bonds is 7. The monoisotopic (exact) mass is 292 g/mol. The van der Waals surface area contributed by atoms with E-state index in [4.69, 9.17) is 14.0 Å². The second-order valence-corrected chi connectivity index (χ2v) is 4.55. The van der Waals surface area contributed by atoms with Crippen molar-refractivity contribution < 1.29 is 19.1 Å². The lowest BCUT2D eigenvalue weighted by molar-refractivity contribution is 0.0478. The van der Waals surface area contributed by atoms with Gasteiger partial charge in [0, 0.05) is 6.61 Å². The van der Waals surface area contributed by atoms with E-state index < -0.39 is 0 Å². The van der Waals surface area contributed by atoms with Crippen LogP contribution in [0.5, 0.6) is 11.5 Å². The molecule has 1 heterocycles. The lowest BCUT2D eigenvalue weighted by Gasteiger charge is -2.11. The van der Waals surface area contributed by atoms with E-state index in [0.29, 0.717) is 23.7 Å². The molecule has 0 amide bonds. The van der Waals surface area contributed by atoms with Crippen molar-refractivity contribution in [2.24, 2.45) is 0 Å². The van der Waals surface area contributed by atoms with Crippen molar-refractivity contribution in [2.45, 2.75) is 32.8 Å². The SMILES string of the molecule is CCCC(OCC)c1noc(-c2cccc(OC)c2O)n1. The zero-order valence-electron chi connectivity index (χ0n) is 12.5. The number of hydrogen-bond acceptors (Lipinski definition) is 6. The fourth-order valence-electron chi connectivity index (χ4n) is 2.09. The summed E-state index contributed by atoms with van der Waals surface area (Å²) in [4.78, 5) is 4.34. The van der Waals surface area contributed by atoms with Crippen LogP contribution >= 0.6 is 0 Å². The molecule has 0 aliphatic carbocycles. The van der Waals surface area contributed by atoms with Crippen LogP contribution in [0.1, 0.15) is 38.6 Å². The third-order valence-corrected chi connectivity index (χ3v) is 3.10. The Kier molecular flexibility index (Phi) is 5.16. The summed E-state index contributed by atoms with van der Waals surface area (Å²) in [6, 6.07) is 5.12. The lowest BCUT2D eigenvalue weighted by atomic mass is 10.1. The molecule has 0 bridgehead atoms. The number of phenols is 1. The summed E-state index contributed by atoms with van der Waals surface area (Å²) >= 11 is 0. The second-order valence-electron chi connectivity index (χ2n) is 4.55. The molecule has 0 saturated heterocycles. The Hall–Kier alpha value is -2.08. The predicted molar refractivity (Wildman–Crippen MR) is 77.2 cm³/mol. The molecule has 1 aromatic carbocycles. The van der Waals surface area contributed by atoms with E-state index in [0.717, 1.165) is 12.8 Å². The van der Waals surface area contributed by atoms with Gasteiger partial charge in [-0.25, -0.2) is 0 Å². The Balaban J connectivity index is 2.31. The maximum absolute atomic E-state index is 10.1. The molecule has 0 spiro atoms. The first-order chi connectivity index (χ1) is 10.2. The fraction of sp³-hybridized carbons (Fsp3) is 0.467. The van der Waals surface area contributed by atoms with Crippen molar-refractivity contribution in [1.29, 1.82) is 0 Å². The van der Waals surface area contributed by atoms with Crippen LogP contribution in [0.15, 0.2) is 22.7 Å². The van der Waals surface area contributed by atoms with Gasteiger partial charge in [-0.05, 0) is 25.5 Å². The van der Waals surface area contributed by atoms with E-state index in [1.165, 1.54) is 7.11 Å². The van der Waals surface area contributed by atoms with Gasteiger partial charge in [0.2, 0.25) is 5.82 Å². The number of benzene rings is 1. The van der Waals surface area contributed by atoms with Gasteiger partial charge < -0.3 is 19.1 Å². The summed E-state index contributed by atoms with van der Waals surface area (Å²) < 4.78 is 15.9. The minimum atomic E-state index is -0.190. The standard InChI is InChI=1S/C15H20N2O4/c1-4-7-12(20-5-2)14-16-15(21-17-14)10-8-6-9-11(19-3)13(10)18/h6,8-9,12,18H,4-5,7H2,1-3H3. The average Bonchev–Trinajstić information content (AvgIpc) is 2.97. The highest BCUT2D eigenvalue weighted by Crippen LogP contribution is 2.36. The molecule has 1 atom stereocenters. The summed E-state index contributed by atoms with van der Waals surface area (Å²) in [6.07, 6.45) is 1.58. The lowest BCUT2D eigenvalue weighted by Crippen LogP contribution is -2.05. The van der Waals surface area contributed by atoms with Crippen LogP contribution in [0.25, 0.3) is 11.5 Å². The van der Waals surface area contributed by atoms with E-state index in [9.17, 15) is 5.11 Å². The van der Waals surface area contributed by atoms with Gasteiger partial charge in [-0.2, -0.15) is 4.98 Å². The molecule has 2 rings (SSSR count). The molecule has 0 fully saturated rings. The Labute approximate surface area is 123 Å². The molecule has 6 heteroatoms. The van der Waals surface area contributed by atoms with E-state index >= 15 is 0 Å². The molecule has 1 aromatic heterocycles. The van der Waals surface area contributed by atoms with E-state index in [2.05, 4.69) is 17.1 Å². The molecule has 6 nitrogen and oxygen atoms in total. The molecule has 0 aliphatic heterocycles. The van der Waals surface area contributed by atoms with Gasteiger partial charge in [0.15, 0.2) is 11.5 Å². The Morgan fingerprint density at radius 1 is 1.33 bits per heavy atom. The van der Waals surface area contributed by atoms with Gasteiger partial charge >= 0.3 is 0 Å². The number of nitrogens with zero attached hydrogens (tertiary/aromatic N) is 2. The van der Waals surface area contributed by atoms with Gasteiger partial charge in [-0.1, -0.05) is 24.6 Å². The summed E-state index contributed by atoms with van der Waals surface area (Å²) in [7, 11) is 1.49. The average molecular weight is 292 g/mol. The number of ether oxygens (including phenoxy) is 2. The second kappa shape index (κ2) is 7.08. The molecular formula is C15H20N2O4. The molecule has 2 aromatic rings. The number of para-hydroxylation sites is 1. The van der Waals surface area contributed by atoms with Crippen molar-refractivity contribution >= 4 is 0 Å². The maximum Gasteiger partial charge on any atom is 0.261 e. The highest BCUT2D eigenvalue weighted by atomic mass is 16.5. The zero-order valence-corrected chi connectivity index (χ0v) is 12.5. The third kappa shape index (κ3) is 3.33. The number of hydrogen-bond donors (Lipinski definition) is 1. The highest BCUT2D eigenvalue weighted by Gasteiger charge is 2.21. The molecule has 0 saturated carbocycles. The van der Waals surface area contributed by atoms with E-state index in [1.54, 1.807) is 18.2 Å². The molecule has 114 valence electrons. The molecular weight excluding hydrogens is 272 g/mol. The zero-order chi connectivity index (χ0) is 15.2. The van der Waals surface area contributed by atoms with Crippen LogP contribution in [-0.2, 0) is 4.74 Å². The minimum absolute atomic E-state index is 0.0151. The molecule has 0 aliphatic rings. The van der Waals surface area contributed by atoms with Crippen LogP contribution in [0.2, 0.25) is 0 Å². The molecule has 21 heavy (non-hydrogen) atoms. The number of methoxy groups -OCH3 is 1. The van der Waals surface area contributed by atoms with Crippen molar-refractivity contribution in [1.82, 2.24) is 10.1 Å². The fourth-order valence-corrected chi connectivity index (χ4v) is 2.09. The first-order valence-corrected chi connectivity index (χ1v) is 7.02. The molecule has 1 N–H and O–H groups in total. The first kappa shape index (κ1) is 15.3. The largest absolute Gasteiger partial charge is 0.504 e. The van der Waals surface area contributed by atoms with Crippen LogP contribution in [0.3, 0.4) is 0 Å². The van der Waals surface area contributed by atoms with Crippen LogP contribution in [-0.4, -0.2) is 29.0 Å². The van der Waals surface area contributed by atoms with Gasteiger partial charge in [0.1, 0.15) is 6.10 Å². The highest BCUT2D eigenvalue weighted by molar-refractivity contribution is 5.66. The van der Waals surface area contributed by atoms with Crippen LogP contribution in [0, 0.1) is 0 Å². The molecule has 0 radical (unpaired) electrons. The van der Waals surface area contributed by atoms with Crippen LogP contribution < -0.4 is 4.74 Å². The normalized spacial score (nSPS) is 12.3. The predicted octanol–water partition coefficient (Wildman–Crippen LogP) is 3.33. The van der Waals surface area contributed by atoms with Gasteiger partial charge in [0.25, 0.3) is 5.89 Å². The molecule has 1 unspecified atom stereocenters. The summed E-state index contributed by atoms with van der Waals surface area (Å²) in [5.41, 5.74) is 0.444. The maximum atomic E-state index is 10.1. The van der Waals surface area contributed by atoms with Crippen molar-refractivity contribution in [3.63, 3.8) is 0 Å². The van der Waals surface area contributed by atoms with Crippen molar-refractivity contribution in [3.8, 4) is 23.0 Å². The van der Waals surface area contributed by atoms with Gasteiger partial charge in [0.05, 0.1) is 12.7 Å². The van der Waals surface area contributed by atoms with Gasteiger partial charge in [-0.3, -0.25) is 0 Å². The minimum Gasteiger partial charge on any atom is -0.504 e. The number of phenolic OH excluding ortho intramolecular Hbond substituents is 1. The number of aromatic hydroxyl groups is 1. The first-order valence-electron chi connectivity index (χ1n) is 7.02. The van der Waals surface area contributed by atoms with E-state index in [1.807, 2.05) is 6.92 Å². The summed E-state index contributed by atoms with van der Waals surface area (Å²) in [5.74, 6) is 1.10. The number of aromatic nitrogens is 2. The topological polar surface area (TPSA) is 77.6 Å². The van der Waals surface area contributed by atoms with Crippen molar-refractivity contribution in [2.75, 3.05) is 13.7 Å². The Morgan fingerprint density at radius 3 is 2.81 bits per heavy atom. The summed E-state index contributed by atoms with van der Waals surface area (Å²) in [5, 5.41) is 14.1. The van der Waals surface area contributed by atoms with E-state index in [-0.39, 0.29) is 17.7 Å². The smallest absolute Gasteiger partial charge is 0.261 e. The van der Waals surface area contributed by atoms with Crippen LogP contribution in [0.4, 0.5) is 0 Å². The quantitative estimate of drug-likeness (QED) is 0.843. The Morgan fingerprint density at radius 2 is 2.14 bits per heavy atom. The summed E-state index contributed by atoms with van der Waals surface area (Å²) in [6.45, 7) is 4.58. The Bertz CT molecular complexity index is 577. The van der Waals surface area contributed by atoms with Crippen molar-refractivity contribution in [3.05, 3.63) is 24.0 Å². The van der Waals surface area contributed by atoms with Gasteiger partial charge in [-0.15, -0.1) is 0 Å².